The molecule has 0 radical (unpaired) electrons. The number of hydrogen-bond acceptors (Lipinski definition) is 3. The van der Waals surface area contributed by atoms with E-state index in [2.05, 4.69) is 0 Å². The summed E-state index contributed by atoms with van der Waals surface area (Å²) in [6.07, 6.45) is -10.3. The zero-order valence-corrected chi connectivity index (χ0v) is 11.2. The van der Waals surface area contributed by atoms with Crippen molar-refractivity contribution in [1.29, 1.82) is 0 Å². The van der Waals surface area contributed by atoms with Crippen molar-refractivity contribution in [3.8, 4) is 0 Å². The summed E-state index contributed by atoms with van der Waals surface area (Å²) in [6.45, 7) is -1.52. The van der Waals surface area contributed by atoms with Crippen LogP contribution in [0.2, 0.25) is 0 Å². The molecular formula is C10H11F6NO3S. The summed E-state index contributed by atoms with van der Waals surface area (Å²) < 4.78 is 74.2. The fourth-order valence-electron chi connectivity index (χ4n) is 1.90. The quantitative estimate of drug-likeness (QED) is 0.798. The number of alkyl halides is 6. The van der Waals surface area contributed by atoms with Crippen LogP contribution in [0.1, 0.15) is 6.42 Å². The molecule has 1 fully saturated rings. The van der Waals surface area contributed by atoms with Crippen LogP contribution < -0.4 is 0 Å². The molecule has 122 valence electrons. The van der Waals surface area contributed by atoms with E-state index < -0.39 is 60.7 Å². The van der Waals surface area contributed by atoms with Crippen molar-refractivity contribution in [3.05, 3.63) is 0 Å². The highest BCUT2D eigenvalue weighted by Crippen LogP contribution is 2.45. The van der Waals surface area contributed by atoms with Gasteiger partial charge in [-0.25, -0.2) is 0 Å². The number of carbonyl (C=O) groups is 2. The fourth-order valence-corrected chi connectivity index (χ4v) is 2.59. The van der Waals surface area contributed by atoms with Crippen molar-refractivity contribution < 1.29 is 41.0 Å². The predicted molar refractivity (Wildman–Crippen MR) is 60.7 cm³/mol. The van der Waals surface area contributed by atoms with Crippen LogP contribution in [0.3, 0.4) is 0 Å². The molecule has 0 spiro atoms. The second-order valence-electron chi connectivity index (χ2n) is 4.56. The molecule has 0 aliphatic carbocycles. The Hall–Kier alpha value is -1.13. The molecule has 0 aromatic heterocycles. The zero-order valence-electron chi connectivity index (χ0n) is 10.4. The molecule has 0 aromatic rings. The third-order valence-electron chi connectivity index (χ3n) is 3.07. The first-order valence-electron chi connectivity index (χ1n) is 5.61. The second-order valence-corrected chi connectivity index (χ2v) is 5.54. The van der Waals surface area contributed by atoms with Gasteiger partial charge < -0.3 is 10.0 Å². The lowest BCUT2D eigenvalue weighted by Crippen LogP contribution is -2.48. The molecule has 1 aliphatic rings. The van der Waals surface area contributed by atoms with Gasteiger partial charge in [-0.15, -0.1) is 11.8 Å². The maximum absolute atomic E-state index is 12.8. The van der Waals surface area contributed by atoms with Gasteiger partial charge in [0.2, 0.25) is 5.91 Å². The summed E-state index contributed by atoms with van der Waals surface area (Å²) in [6, 6.07) is 0. The first-order chi connectivity index (χ1) is 9.39. The second kappa shape index (κ2) is 5.93. The number of carboxylic acids is 1. The first kappa shape index (κ1) is 17.9. The van der Waals surface area contributed by atoms with Gasteiger partial charge in [0.25, 0.3) is 0 Å². The van der Waals surface area contributed by atoms with E-state index in [9.17, 15) is 35.9 Å². The Labute approximate surface area is 119 Å². The summed E-state index contributed by atoms with van der Waals surface area (Å²) >= 11 is 0.226. The van der Waals surface area contributed by atoms with Gasteiger partial charge in [-0.3, -0.25) is 9.59 Å². The molecule has 1 N–H and O–H groups in total. The number of hydrogen-bond donors (Lipinski definition) is 1. The molecule has 1 heterocycles. The Kier molecular flexibility index (Phi) is 5.06. The molecule has 0 bridgehead atoms. The summed E-state index contributed by atoms with van der Waals surface area (Å²) in [7, 11) is 0. The van der Waals surface area contributed by atoms with Gasteiger partial charge in [0.05, 0.1) is 11.5 Å². The van der Waals surface area contributed by atoms with Crippen molar-refractivity contribution in [2.24, 2.45) is 5.41 Å². The topological polar surface area (TPSA) is 57.6 Å². The minimum atomic E-state index is -5.03. The molecule has 0 saturated carbocycles. The summed E-state index contributed by atoms with van der Waals surface area (Å²) in [5.41, 5.74) is -3.04. The van der Waals surface area contributed by atoms with Gasteiger partial charge in [0.1, 0.15) is 0 Å². The molecule has 1 saturated heterocycles. The smallest absolute Gasteiger partial charge is 0.406 e. The number of halogens is 6. The molecule has 1 unspecified atom stereocenters. The molecule has 1 amide bonds. The number of carbonyl (C=O) groups excluding carboxylic acids is 1. The van der Waals surface area contributed by atoms with Gasteiger partial charge >= 0.3 is 18.3 Å². The van der Waals surface area contributed by atoms with Crippen LogP contribution in [-0.4, -0.2) is 58.8 Å². The number of aliphatic carboxylic acids is 1. The highest BCUT2D eigenvalue weighted by Gasteiger charge is 2.64. The first-order valence-corrected chi connectivity index (χ1v) is 6.77. The minimum Gasteiger partial charge on any atom is -0.481 e. The molecule has 0 aromatic carbocycles. The van der Waals surface area contributed by atoms with Gasteiger partial charge in [-0.2, -0.15) is 26.3 Å². The predicted octanol–water partition coefficient (Wildman–Crippen LogP) is 2.15. The Morgan fingerprint density at radius 1 is 1.19 bits per heavy atom. The van der Waals surface area contributed by atoms with E-state index in [4.69, 9.17) is 5.11 Å². The van der Waals surface area contributed by atoms with Gasteiger partial charge in [-0.05, 0) is 6.42 Å². The maximum Gasteiger partial charge on any atom is 0.406 e. The number of nitrogens with zero attached hydrogens (tertiary/aromatic N) is 1. The van der Waals surface area contributed by atoms with Crippen molar-refractivity contribution in [3.63, 3.8) is 0 Å². The SMILES string of the molecule is O=C(CSCC(F)(F)F)N1CCC(C(=O)O)(C(F)(F)F)C1. The van der Waals surface area contributed by atoms with Crippen LogP contribution in [0.4, 0.5) is 26.3 Å². The standard InChI is InChI=1S/C10H11F6NO3S/c11-9(12,13)5-21-3-6(18)17-2-1-8(4-17,7(19)20)10(14,15)16/h1-5H2,(H,19,20). The number of carboxylic acid groups (broad SMARTS) is 1. The van der Waals surface area contributed by atoms with Gasteiger partial charge in [0, 0.05) is 13.1 Å². The Morgan fingerprint density at radius 2 is 1.76 bits per heavy atom. The van der Waals surface area contributed by atoms with Crippen LogP contribution in [0.15, 0.2) is 0 Å². The molecule has 1 rings (SSSR count). The van der Waals surface area contributed by atoms with E-state index in [1.165, 1.54) is 0 Å². The van der Waals surface area contributed by atoms with E-state index >= 15 is 0 Å². The summed E-state index contributed by atoms with van der Waals surface area (Å²) in [5, 5.41) is 8.77. The molecule has 1 aliphatic heterocycles. The van der Waals surface area contributed by atoms with E-state index in [-0.39, 0.29) is 11.8 Å². The monoisotopic (exact) mass is 339 g/mol. The zero-order chi connectivity index (χ0) is 16.5. The van der Waals surface area contributed by atoms with Crippen LogP contribution in [-0.2, 0) is 9.59 Å². The number of likely N-dealkylation sites (tertiary alicyclic amines) is 1. The lowest BCUT2D eigenvalue weighted by atomic mass is 9.86. The minimum absolute atomic E-state index is 0.226. The third-order valence-corrected chi connectivity index (χ3v) is 4.05. The number of thioether (sulfide) groups is 1. The Balaban J connectivity index is 2.64. The lowest BCUT2D eigenvalue weighted by molar-refractivity contribution is -0.227. The normalized spacial score (nSPS) is 23.4. The highest BCUT2D eigenvalue weighted by molar-refractivity contribution is 8.00. The van der Waals surface area contributed by atoms with E-state index in [0.29, 0.717) is 4.90 Å². The third kappa shape index (κ3) is 4.17. The van der Waals surface area contributed by atoms with Crippen molar-refractivity contribution >= 4 is 23.6 Å². The number of rotatable bonds is 4. The summed E-state index contributed by atoms with van der Waals surface area (Å²) in [4.78, 5) is 23.1. The Morgan fingerprint density at radius 3 is 2.14 bits per heavy atom. The van der Waals surface area contributed by atoms with E-state index in [1.54, 1.807) is 0 Å². The van der Waals surface area contributed by atoms with Crippen molar-refractivity contribution in [2.75, 3.05) is 24.6 Å². The van der Waals surface area contributed by atoms with Crippen LogP contribution >= 0.6 is 11.8 Å². The van der Waals surface area contributed by atoms with Gasteiger partial charge in [-0.1, -0.05) is 0 Å². The fraction of sp³-hybridized carbons (Fsp3) is 0.800. The highest BCUT2D eigenvalue weighted by atomic mass is 32.2. The van der Waals surface area contributed by atoms with Crippen LogP contribution in [0.5, 0.6) is 0 Å². The molecule has 4 nitrogen and oxygen atoms in total. The molecular weight excluding hydrogens is 328 g/mol. The lowest BCUT2D eigenvalue weighted by Gasteiger charge is -2.27. The molecule has 21 heavy (non-hydrogen) atoms. The van der Waals surface area contributed by atoms with E-state index in [0.717, 1.165) is 0 Å². The largest absolute Gasteiger partial charge is 0.481 e. The molecule has 1 atom stereocenters. The van der Waals surface area contributed by atoms with Crippen molar-refractivity contribution in [2.45, 2.75) is 18.8 Å². The van der Waals surface area contributed by atoms with Crippen LogP contribution in [0, 0.1) is 5.41 Å². The number of amides is 1. The molecule has 11 heteroatoms. The van der Waals surface area contributed by atoms with Crippen LogP contribution in [0.25, 0.3) is 0 Å². The average molecular weight is 339 g/mol. The summed E-state index contributed by atoms with van der Waals surface area (Å²) in [5.74, 6) is -4.96. The average Bonchev–Trinajstić information content (AvgIpc) is 2.72. The van der Waals surface area contributed by atoms with E-state index in [1.807, 2.05) is 0 Å². The van der Waals surface area contributed by atoms with Crippen molar-refractivity contribution in [1.82, 2.24) is 4.90 Å². The Bertz CT molecular complexity index is 424. The van der Waals surface area contributed by atoms with Gasteiger partial charge in [0.15, 0.2) is 5.41 Å². The maximum atomic E-state index is 12.8.